The van der Waals surface area contributed by atoms with Crippen molar-refractivity contribution in [1.82, 2.24) is 20.0 Å². The van der Waals surface area contributed by atoms with Gasteiger partial charge in [-0.3, -0.25) is 14.2 Å². The minimum absolute atomic E-state index is 0.0620. The summed E-state index contributed by atoms with van der Waals surface area (Å²) in [6.07, 6.45) is 2.27. The number of carboxylic acids is 1. The van der Waals surface area contributed by atoms with Crippen LogP contribution in [0.25, 0.3) is 0 Å². The number of aliphatic carboxylic acids is 1. The van der Waals surface area contributed by atoms with Crippen molar-refractivity contribution in [3.8, 4) is 0 Å². The third kappa shape index (κ3) is 3.48. The molecule has 0 bridgehead atoms. The van der Waals surface area contributed by atoms with Gasteiger partial charge in [-0.15, -0.1) is 10.2 Å². The largest absolute Gasteiger partial charge is 0.481 e. The van der Waals surface area contributed by atoms with Crippen molar-refractivity contribution < 1.29 is 18.3 Å². The van der Waals surface area contributed by atoms with Crippen LogP contribution in [-0.2, 0) is 21.4 Å². The second kappa shape index (κ2) is 5.32. The third-order valence-corrected chi connectivity index (χ3v) is 4.09. The number of hydrogen-bond acceptors (Lipinski definition) is 7. The van der Waals surface area contributed by atoms with Crippen LogP contribution >= 0.6 is 11.3 Å². The first-order valence-electron chi connectivity index (χ1n) is 5.00. The molecule has 0 fully saturated rings. The first-order valence-corrected chi connectivity index (χ1v) is 7.37. The summed E-state index contributed by atoms with van der Waals surface area (Å²) in [6.45, 7) is 0.101. The number of aromatic nitrogens is 4. The molecule has 2 aromatic heterocycles. The van der Waals surface area contributed by atoms with Gasteiger partial charge in [0.25, 0.3) is 10.0 Å². The lowest BCUT2D eigenvalue weighted by molar-refractivity contribution is -0.137. The minimum Gasteiger partial charge on any atom is -0.481 e. The van der Waals surface area contributed by atoms with Gasteiger partial charge >= 0.3 is 5.97 Å². The Hall–Kier alpha value is -2.01. The normalized spacial score (nSPS) is 11.4. The molecule has 2 N–H and O–H groups in total. The van der Waals surface area contributed by atoms with E-state index in [2.05, 4.69) is 20.0 Å². The Kier molecular flexibility index (Phi) is 3.76. The molecule has 0 atom stereocenters. The van der Waals surface area contributed by atoms with Gasteiger partial charge in [-0.1, -0.05) is 11.3 Å². The van der Waals surface area contributed by atoms with E-state index in [9.17, 15) is 13.2 Å². The first-order chi connectivity index (χ1) is 8.97. The molecule has 0 aliphatic rings. The molecule has 0 amide bonds. The Morgan fingerprint density at radius 3 is 2.95 bits per heavy atom. The lowest BCUT2D eigenvalue weighted by atomic mass is 10.4. The van der Waals surface area contributed by atoms with E-state index < -0.39 is 16.0 Å². The number of sulfonamides is 1. The van der Waals surface area contributed by atoms with Gasteiger partial charge in [0, 0.05) is 6.20 Å². The number of carbonyl (C=O) groups is 1. The van der Waals surface area contributed by atoms with E-state index in [1.165, 1.54) is 16.4 Å². The quantitative estimate of drug-likeness (QED) is 0.769. The Morgan fingerprint density at radius 1 is 1.53 bits per heavy atom. The lowest BCUT2D eigenvalue weighted by Gasteiger charge is -2.00. The molecule has 0 spiro atoms. The van der Waals surface area contributed by atoms with E-state index in [0.29, 0.717) is 0 Å². The highest BCUT2D eigenvalue weighted by Crippen LogP contribution is 2.16. The van der Waals surface area contributed by atoms with Gasteiger partial charge in [0.2, 0.25) is 5.13 Å². The molecular weight excluding hydrogens is 294 g/mol. The summed E-state index contributed by atoms with van der Waals surface area (Å²) in [6, 6.07) is 0. The average molecular weight is 303 g/mol. The first kappa shape index (κ1) is 13.4. The zero-order chi connectivity index (χ0) is 13.9. The van der Waals surface area contributed by atoms with Crippen LogP contribution in [0.2, 0.25) is 0 Å². The summed E-state index contributed by atoms with van der Waals surface area (Å²) in [5.74, 6) is -0.980. The molecule has 0 aliphatic carbocycles. The summed E-state index contributed by atoms with van der Waals surface area (Å²) < 4.78 is 27.3. The SMILES string of the molecule is O=C(O)CCn1cc(S(=O)(=O)Nc2nncs2)cn1. The molecule has 19 heavy (non-hydrogen) atoms. The minimum atomic E-state index is -3.77. The molecule has 0 saturated heterocycles. The molecule has 0 aromatic carbocycles. The van der Waals surface area contributed by atoms with Gasteiger partial charge in [0.15, 0.2) is 0 Å². The predicted molar refractivity (Wildman–Crippen MR) is 65.2 cm³/mol. The summed E-state index contributed by atoms with van der Waals surface area (Å²) in [4.78, 5) is 10.3. The topological polar surface area (TPSA) is 127 Å². The zero-order valence-corrected chi connectivity index (χ0v) is 11.1. The van der Waals surface area contributed by atoms with Gasteiger partial charge in [0.05, 0.1) is 19.2 Å². The molecule has 0 radical (unpaired) electrons. The van der Waals surface area contributed by atoms with Gasteiger partial charge in [-0.25, -0.2) is 8.42 Å². The maximum atomic E-state index is 11.9. The zero-order valence-electron chi connectivity index (χ0n) is 9.42. The number of anilines is 1. The summed E-state index contributed by atoms with van der Waals surface area (Å²) in [5.41, 5.74) is 1.40. The summed E-state index contributed by atoms with van der Waals surface area (Å²) in [5, 5.41) is 19.5. The van der Waals surface area contributed by atoms with Gasteiger partial charge in [-0.2, -0.15) is 5.10 Å². The highest BCUT2D eigenvalue weighted by molar-refractivity contribution is 7.93. The monoisotopic (exact) mass is 303 g/mol. The van der Waals surface area contributed by atoms with Gasteiger partial charge < -0.3 is 5.11 Å². The fraction of sp³-hybridized carbons (Fsp3) is 0.250. The molecular formula is C8H9N5O4S2. The van der Waals surface area contributed by atoms with Gasteiger partial charge in [-0.05, 0) is 0 Å². The van der Waals surface area contributed by atoms with Crippen LogP contribution in [0, 0.1) is 0 Å². The standard InChI is InChI=1S/C8H9N5O4S2/c14-7(15)1-2-13-4-6(3-10-13)19(16,17)12-8-11-9-5-18-8/h3-5H,1-2H2,(H,11,12)(H,14,15). The van der Waals surface area contributed by atoms with Crippen LogP contribution in [0.5, 0.6) is 0 Å². The molecule has 0 saturated carbocycles. The summed E-state index contributed by atoms with van der Waals surface area (Å²) >= 11 is 1.05. The second-order valence-corrected chi connectivity index (χ2v) is 5.95. The molecule has 2 heterocycles. The fourth-order valence-corrected chi connectivity index (χ4v) is 2.85. The molecule has 102 valence electrons. The van der Waals surface area contributed by atoms with E-state index in [1.807, 2.05) is 0 Å². The van der Waals surface area contributed by atoms with Crippen LogP contribution in [-0.4, -0.2) is 39.5 Å². The molecule has 2 rings (SSSR count). The van der Waals surface area contributed by atoms with Crippen LogP contribution < -0.4 is 4.72 Å². The van der Waals surface area contributed by atoms with Crippen LogP contribution in [0.3, 0.4) is 0 Å². The molecule has 11 heteroatoms. The van der Waals surface area contributed by atoms with Gasteiger partial charge in [0.1, 0.15) is 10.4 Å². The van der Waals surface area contributed by atoms with Crippen molar-refractivity contribution in [2.24, 2.45) is 0 Å². The lowest BCUT2D eigenvalue weighted by Crippen LogP contribution is -2.12. The predicted octanol–water partition coefficient (Wildman–Crippen LogP) is 0.0101. The number of hydrogen-bond donors (Lipinski definition) is 2. The Bertz CT molecular complexity index is 663. The van der Waals surface area contributed by atoms with E-state index in [4.69, 9.17) is 5.11 Å². The number of nitrogens with zero attached hydrogens (tertiary/aromatic N) is 4. The maximum absolute atomic E-state index is 11.9. The van der Waals surface area contributed by atoms with E-state index in [-0.39, 0.29) is 23.0 Å². The van der Waals surface area contributed by atoms with E-state index >= 15 is 0 Å². The van der Waals surface area contributed by atoms with Crippen molar-refractivity contribution in [3.05, 3.63) is 17.9 Å². The highest BCUT2D eigenvalue weighted by atomic mass is 32.2. The fourth-order valence-electron chi connectivity index (χ4n) is 1.21. The molecule has 0 unspecified atom stereocenters. The molecule has 0 aliphatic heterocycles. The number of aryl methyl sites for hydroxylation is 1. The highest BCUT2D eigenvalue weighted by Gasteiger charge is 2.18. The van der Waals surface area contributed by atoms with Crippen LogP contribution in [0.4, 0.5) is 5.13 Å². The summed E-state index contributed by atoms with van der Waals surface area (Å²) in [7, 11) is -3.77. The van der Waals surface area contributed by atoms with E-state index in [0.717, 1.165) is 17.5 Å². The maximum Gasteiger partial charge on any atom is 0.305 e. The van der Waals surface area contributed by atoms with Crippen molar-refractivity contribution in [2.45, 2.75) is 17.9 Å². The smallest absolute Gasteiger partial charge is 0.305 e. The Balaban J connectivity index is 2.10. The Labute approximate surface area is 112 Å². The Morgan fingerprint density at radius 2 is 2.32 bits per heavy atom. The second-order valence-electron chi connectivity index (χ2n) is 3.43. The van der Waals surface area contributed by atoms with Crippen molar-refractivity contribution >= 4 is 32.5 Å². The van der Waals surface area contributed by atoms with Crippen molar-refractivity contribution in [1.29, 1.82) is 0 Å². The number of nitrogens with one attached hydrogen (secondary N) is 1. The van der Waals surface area contributed by atoms with E-state index in [1.54, 1.807) is 0 Å². The van der Waals surface area contributed by atoms with Crippen molar-refractivity contribution in [2.75, 3.05) is 4.72 Å². The number of carboxylic acid groups (broad SMARTS) is 1. The van der Waals surface area contributed by atoms with Crippen LogP contribution in [0.1, 0.15) is 6.42 Å². The average Bonchev–Trinajstić information content (AvgIpc) is 2.96. The number of rotatable bonds is 6. The third-order valence-electron chi connectivity index (χ3n) is 2.06. The van der Waals surface area contributed by atoms with Crippen LogP contribution in [0.15, 0.2) is 22.8 Å². The molecule has 9 nitrogen and oxygen atoms in total. The van der Waals surface area contributed by atoms with Crippen molar-refractivity contribution in [3.63, 3.8) is 0 Å². The molecule has 2 aromatic rings.